The zero-order valence-corrected chi connectivity index (χ0v) is 12.6. The Hall–Kier alpha value is -0.630. The standard InChI is InChI=1S/C15H23O3P/c1-17-19(16,18-2)12-13-8-10-15(11-9-13)14-6-4-3-5-7-14/h3-7,13,15H,8-12H2,1-2H3/t13-,15-. The molecule has 0 amide bonds. The van der Waals surface area contributed by atoms with Gasteiger partial charge in [0.1, 0.15) is 0 Å². The van der Waals surface area contributed by atoms with E-state index in [-0.39, 0.29) is 0 Å². The second kappa shape index (κ2) is 6.69. The van der Waals surface area contributed by atoms with Crippen LogP contribution in [0.25, 0.3) is 0 Å². The van der Waals surface area contributed by atoms with E-state index in [0.717, 1.165) is 12.8 Å². The first kappa shape index (κ1) is 14.8. The average molecular weight is 282 g/mol. The quantitative estimate of drug-likeness (QED) is 0.749. The highest BCUT2D eigenvalue weighted by molar-refractivity contribution is 7.53. The zero-order chi connectivity index (χ0) is 13.7. The summed E-state index contributed by atoms with van der Waals surface area (Å²) in [6, 6.07) is 10.7. The van der Waals surface area contributed by atoms with E-state index in [1.807, 2.05) is 0 Å². The molecule has 0 saturated heterocycles. The van der Waals surface area contributed by atoms with Crippen LogP contribution in [0.5, 0.6) is 0 Å². The SMILES string of the molecule is COP(=O)(C[C@H]1CC[C@H](c2ccccc2)CC1)OC. The van der Waals surface area contributed by atoms with Gasteiger partial charge in [0.05, 0.1) is 6.16 Å². The lowest BCUT2D eigenvalue weighted by atomic mass is 9.79. The summed E-state index contributed by atoms with van der Waals surface area (Å²) in [5.41, 5.74) is 1.43. The third kappa shape index (κ3) is 3.92. The summed E-state index contributed by atoms with van der Waals surface area (Å²) in [6.07, 6.45) is 5.11. The third-order valence-electron chi connectivity index (χ3n) is 4.16. The van der Waals surface area contributed by atoms with Crippen LogP contribution in [0.15, 0.2) is 30.3 Å². The van der Waals surface area contributed by atoms with Crippen LogP contribution in [-0.2, 0) is 13.6 Å². The van der Waals surface area contributed by atoms with E-state index in [1.54, 1.807) is 0 Å². The van der Waals surface area contributed by atoms with Crippen LogP contribution in [0, 0.1) is 5.92 Å². The van der Waals surface area contributed by atoms with Gasteiger partial charge in [-0.1, -0.05) is 30.3 Å². The van der Waals surface area contributed by atoms with Crippen molar-refractivity contribution in [3.05, 3.63) is 35.9 Å². The summed E-state index contributed by atoms with van der Waals surface area (Å²) < 4.78 is 22.2. The molecule has 0 atom stereocenters. The van der Waals surface area contributed by atoms with E-state index in [9.17, 15) is 4.57 Å². The summed E-state index contributed by atoms with van der Waals surface area (Å²) >= 11 is 0. The lowest BCUT2D eigenvalue weighted by molar-refractivity contribution is 0.258. The highest BCUT2D eigenvalue weighted by Gasteiger charge is 2.30. The Bertz CT molecular complexity index is 416. The van der Waals surface area contributed by atoms with Crippen molar-refractivity contribution < 1.29 is 13.6 Å². The molecule has 0 radical (unpaired) electrons. The minimum atomic E-state index is -2.84. The molecule has 2 rings (SSSR count). The van der Waals surface area contributed by atoms with Gasteiger partial charge in [0.2, 0.25) is 0 Å². The molecule has 0 unspecified atom stereocenters. The molecule has 0 N–H and O–H groups in total. The van der Waals surface area contributed by atoms with E-state index < -0.39 is 7.60 Å². The molecule has 1 saturated carbocycles. The summed E-state index contributed by atoms with van der Waals surface area (Å²) in [5, 5.41) is 0. The normalized spacial score (nSPS) is 24.3. The topological polar surface area (TPSA) is 35.5 Å². The predicted octanol–water partition coefficient (Wildman–Crippen LogP) is 4.45. The molecule has 4 heteroatoms. The van der Waals surface area contributed by atoms with Gasteiger partial charge >= 0.3 is 7.60 Å². The molecule has 0 aromatic heterocycles. The second-order valence-corrected chi connectivity index (χ2v) is 7.60. The van der Waals surface area contributed by atoms with Crippen molar-refractivity contribution in [1.29, 1.82) is 0 Å². The third-order valence-corrected chi connectivity index (χ3v) is 6.23. The van der Waals surface area contributed by atoms with Crippen LogP contribution in [0.1, 0.15) is 37.2 Å². The summed E-state index contributed by atoms with van der Waals surface area (Å²) in [7, 11) is 0.103. The van der Waals surface area contributed by atoms with Crippen molar-refractivity contribution in [1.82, 2.24) is 0 Å². The van der Waals surface area contributed by atoms with Crippen molar-refractivity contribution >= 4 is 7.60 Å². The first-order chi connectivity index (χ1) is 9.17. The maximum absolute atomic E-state index is 12.1. The summed E-state index contributed by atoms with van der Waals surface area (Å²) in [6.45, 7) is 0. The summed E-state index contributed by atoms with van der Waals surface area (Å²) in [4.78, 5) is 0. The van der Waals surface area contributed by atoms with Gasteiger partial charge in [0.15, 0.2) is 0 Å². The fourth-order valence-corrected chi connectivity index (χ4v) is 4.39. The van der Waals surface area contributed by atoms with E-state index >= 15 is 0 Å². The number of benzene rings is 1. The van der Waals surface area contributed by atoms with Crippen LogP contribution >= 0.6 is 7.60 Å². The molecule has 0 heterocycles. The lowest BCUT2D eigenvalue weighted by Gasteiger charge is -2.30. The van der Waals surface area contributed by atoms with Gasteiger partial charge in [0, 0.05) is 14.2 Å². The van der Waals surface area contributed by atoms with Gasteiger partial charge in [-0.3, -0.25) is 4.57 Å². The van der Waals surface area contributed by atoms with Gasteiger partial charge in [-0.2, -0.15) is 0 Å². The zero-order valence-electron chi connectivity index (χ0n) is 11.7. The number of hydrogen-bond donors (Lipinski definition) is 0. The molecule has 1 aromatic rings. The number of rotatable bonds is 5. The maximum Gasteiger partial charge on any atom is 0.330 e. The molecule has 1 fully saturated rings. The molecule has 3 nitrogen and oxygen atoms in total. The monoisotopic (exact) mass is 282 g/mol. The average Bonchev–Trinajstić information content (AvgIpc) is 2.49. The Morgan fingerprint density at radius 3 is 2.16 bits per heavy atom. The van der Waals surface area contributed by atoms with Crippen molar-refractivity contribution in [3.8, 4) is 0 Å². The molecular formula is C15H23O3P. The van der Waals surface area contributed by atoms with E-state index in [0.29, 0.717) is 18.0 Å². The highest BCUT2D eigenvalue weighted by atomic mass is 31.2. The molecule has 0 bridgehead atoms. The molecular weight excluding hydrogens is 259 g/mol. The highest BCUT2D eigenvalue weighted by Crippen LogP contribution is 2.51. The molecule has 0 aliphatic heterocycles. The van der Waals surface area contributed by atoms with Gasteiger partial charge in [-0.05, 0) is 43.1 Å². The molecule has 1 aliphatic rings. The fraction of sp³-hybridized carbons (Fsp3) is 0.600. The molecule has 1 aliphatic carbocycles. The van der Waals surface area contributed by atoms with Gasteiger partial charge in [0.25, 0.3) is 0 Å². The van der Waals surface area contributed by atoms with Gasteiger partial charge in [-0.25, -0.2) is 0 Å². The Kier molecular flexibility index (Phi) is 5.20. The van der Waals surface area contributed by atoms with E-state index in [2.05, 4.69) is 30.3 Å². The Morgan fingerprint density at radius 1 is 1.05 bits per heavy atom. The van der Waals surface area contributed by atoms with Gasteiger partial charge in [-0.15, -0.1) is 0 Å². The van der Waals surface area contributed by atoms with Crippen molar-refractivity contribution in [2.75, 3.05) is 20.4 Å². The van der Waals surface area contributed by atoms with Crippen LogP contribution in [0.4, 0.5) is 0 Å². The van der Waals surface area contributed by atoms with Gasteiger partial charge < -0.3 is 9.05 Å². The van der Waals surface area contributed by atoms with Crippen LogP contribution in [-0.4, -0.2) is 20.4 Å². The minimum absolute atomic E-state index is 0.464. The van der Waals surface area contributed by atoms with Crippen LogP contribution in [0.3, 0.4) is 0 Å². The first-order valence-electron chi connectivity index (χ1n) is 6.92. The maximum atomic E-state index is 12.1. The Labute approximate surface area is 115 Å². The summed E-state index contributed by atoms with van der Waals surface area (Å²) in [5.74, 6) is 1.12. The molecule has 1 aromatic carbocycles. The van der Waals surface area contributed by atoms with E-state index in [4.69, 9.17) is 9.05 Å². The largest absolute Gasteiger partial charge is 0.330 e. The lowest BCUT2D eigenvalue weighted by Crippen LogP contribution is -2.17. The minimum Gasteiger partial charge on any atom is -0.312 e. The Balaban J connectivity index is 1.88. The first-order valence-corrected chi connectivity index (χ1v) is 8.65. The molecule has 0 spiro atoms. The van der Waals surface area contributed by atoms with Crippen LogP contribution < -0.4 is 0 Å². The Morgan fingerprint density at radius 2 is 1.63 bits per heavy atom. The van der Waals surface area contributed by atoms with Crippen LogP contribution in [0.2, 0.25) is 0 Å². The van der Waals surface area contributed by atoms with E-state index in [1.165, 1.54) is 32.6 Å². The molecule has 106 valence electrons. The predicted molar refractivity (Wildman–Crippen MR) is 77.6 cm³/mol. The van der Waals surface area contributed by atoms with Crippen molar-refractivity contribution in [2.45, 2.75) is 31.6 Å². The molecule has 19 heavy (non-hydrogen) atoms. The smallest absolute Gasteiger partial charge is 0.312 e. The van der Waals surface area contributed by atoms with Crippen molar-refractivity contribution in [2.24, 2.45) is 5.92 Å². The number of hydrogen-bond acceptors (Lipinski definition) is 3. The second-order valence-electron chi connectivity index (χ2n) is 5.29. The fourth-order valence-electron chi connectivity index (χ4n) is 2.94. The van der Waals surface area contributed by atoms with Crippen molar-refractivity contribution in [3.63, 3.8) is 0 Å².